The van der Waals surface area contributed by atoms with Crippen molar-refractivity contribution >= 4 is 23.2 Å². The van der Waals surface area contributed by atoms with Crippen LogP contribution in [0.4, 0.5) is 4.39 Å². The van der Waals surface area contributed by atoms with E-state index in [0.717, 1.165) is 5.69 Å². The fourth-order valence-corrected chi connectivity index (χ4v) is 2.78. The SMILES string of the molecule is CC(C)c1nn(C)c(Cl)c1C(O)Cc1ccc(F)cc1Cl. The topological polar surface area (TPSA) is 38.0 Å². The van der Waals surface area contributed by atoms with Gasteiger partial charge in [-0.15, -0.1) is 0 Å². The second-order valence-corrected chi connectivity index (χ2v) is 6.09. The number of hydrogen-bond acceptors (Lipinski definition) is 2. The smallest absolute Gasteiger partial charge is 0.132 e. The molecular weight excluding hydrogens is 314 g/mol. The molecule has 0 bridgehead atoms. The standard InChI is InChI=1S/C15H17Cl2FN2O/c1-8(2)14-13(15(17)20(3)19-14)12(21)6-9-4-5-10(18)7-11(9)16/h4-5,7-8,12,21H,6H2,1-3H3. The summed E-state index contributed by atoms with van der Waals surface area (Å²) in [6.07, 6.45) is -0.587. The highest BCUT2D eigenvalue weighted by Gasteiger charge is 2.24. The Morgan fingerprint density at radius 3 is 2.57 bits per heavy atom. The number of aromatic nitrogens is 2. The van der Waals surface area contributed by atoms with E-state index in [4.69, 9.17) is 23.2 Å². The first-order chi connectivity index (χ1) is 9.81. The molecule has 1 aromatic carbocycles. The molecule has 114 valence electrons. The largest absolute Gasteiger partial charge is 0.388 e. The normalized spacial score (nSPS) is 13.0. The molecule has 2 rings (SSSR count). The fourth-order valence-electron chi connectivity index (χ4n) is 2.27. The molecule has 6 heteroatoms. The van der Waals surface area contributed by atoms with Crippen LogP contribution < -0.4 is 0 Å². The first-order valence-corrected chi connectivity index (χ1v) is 7.41. The molecule has 0 saturated heterocycles. The number of benzene rings is 1. The minimum Gasteiger partial charge on any atom is -0.388 e. The summed E-state index contributed by atoms with van der Waals surface area (Å²) in [4.78, 5) is 0. The van der Waals surface area contributed by atoms with E-state index in [9.17, 15) is 9.50 Å². The van der Waals surface area contributed by atoms with Crippen LogP contribution in [0.25, 0.3) is 0 Å². The summed E-state index contributed by atoms with van der Waals surface area (Å²) in [5.74, 6) is -0.266. The van der Waals surface area contributed by atoms with E-state index < -0.39 is 11.9 Å². The first-order valence-electron chi connectivity index (χ1n) is 6.65. The van der Waals surface area contributed by atoms with Crippen molar-refractivity contribution < 1.29 is 9.50 Å². The van der Waals surface area contributed by atoms with Gasteiger partial charge in [-0.05, 0) is 23.6 Å². The monoisotopic (exact) mass is 330 g/mol. The number of rotatable bonds is 4. The summed E-state index contributed by atoms with van der Waals surface area (Å²) in [5.41, 5.74) is 2.03. The van der Waals surface area contributed by atoms with Crippen LogP contribution >= 0.6 is 23.2 Å². The van der Waals surface area contributed by atoms with Crippen molar-refractivity contribution in [2.75, 3.05) is 0 Å². The number of hydrogen-bond donors (Lipinski definition) is 1. The summed E-state index contributed by atoms with van der Waals surface area (Å²) in [7, 11) is 1.73. The molecule has 0 radical (unpaired) electrons. The average molecular weight is 331 g/mol. The Kier molecular flexibility index (Phi) is 4.91. The van der Waals surface area contributed by atoms with Crippen molar-refractivity contribution in [2.45, 2.75) is 32.3 Å². The lowest BCUT2D eigenvalue weighted by Gasteiger charge is -2.14. The van der Waals surface area contributed by atoms with Gasteiger partial charge in [0.25, 0.3) is 0 Å². The Hall–Kier alpha value is -1.10. The molecule has 3 nitrogen and oxygen atoms in total. The fraction of sp³-hybridized carbons (Fsp3) is 0.400. The van der Waals surface area contributed by atoms with Crippen molar-refractivity contribution in [1.82, 2.24) is 9.78 Å². The van der Waals surface area contributed by atoms with Gasteiger partial charge in [-0.2, -0.15) is 5.10 Å². The molecule has 1 unspecified atom stereocenters. The van der Waals surface area contributed by atoms with Crippen molar-refractivity contribution in [3.05, 3.63) is 51.0 Å². The molecule has 0 amide bonds. The summed E-state index contributed by atoms with van der Waals surface area (Å²) >= 11 is 12.2. The molecule has 1 heterocycles. The van der Waals surface area contributed by atoms with Crippen LogP contribution in [-0.4, -0.2) is 14.9 Å². The van der Waals surface area contributed by atoms with Crippen LogP contribution in [0.1, 0.15) is 42.7 Å². The number of halogens is 3. The maximum Gasteiger partial charge on any atom is 0.132 e. The Bertz CT molecular complexity index is 655. The predicted octanol–water partition coefficient (Wildman–Crippen LogP) is 4.27. The predicted molar refractivity (Wildman–Crippen MR) is 82.4 cm³/mol. The molecule has 1 atom stereocenters. The zero-order valence-corrected chi connectivity index (χ0v) is 13.6. The first kappa shape index (κ1) is 16.3. The zero-order valence-electron chi connectivity index (χ0n) is 12.1. The van der Waals surface area contributed by atoms with Gasteiger partial charge in [-0.3, -0.25) is 4.68 Å². The number of aliphatic hydroxyl groups excluding tert-OH is 1. The average Bonchev–Trinajstić information content (AvgIpc) is 2.69. The van der Waals surface area contributed by atoms with Gasteiger partial charge >= 0.3 is 0 Å². The Labute approximate surface area is 133 Å². The van der Waals surface area contributed by atoms with E-state index in [1.54, 1.807) is 17.8 Å². The van der Waals surface area contributed by atoms with Crippen molar-refractivity contribution in [1.29, 1.82) is 0 Å². The second-order valence-electron chi connectivity index (χ2n) is 5.32. The number of nitrogens with zero attached hydrogens (tertiary/aromatic N) is 2. The van der Waals surface area contributed by atoms with E-state index in [0.29, 0.717) is 21.3 Å². The summed E-state index contributed by atoms with van der Waals surface area (Å²) in [6.45, 7) is 3.97. The van der Waals surface area contributed by atoms with E-state index in [-0.39, 0.29) is 12.3 Å². The molecular formula is C15H17Cl2FN2O. The van der Waals surface area contributed by atoms with Gasteiger partial charge in [0.1, 0.15) is 11.0 Å². The molecule has 2 aromatic rings. The Morgan fingerprint density at radius 1 is 1.33 bits per heavy atom. The highest BCUT2D eigenvalue weighted by molar-refractivity contribution is 6.31. The molecule has 0 spiro atoms. The number of aliphatic hydroxyl groups is 1. The molecule has 21 heavy (non-hydrogen) atoms. The van der Waals surface area contributed by atoms with Gasteiger partial charge in [0.05, 0.1) is 11.8 Å². The van der Waals surface area contributed by atoms with Crippen LogP contribution in [0.5, 0.6) is 0 Å². The van der Waals surface area contributed by atoms with Gasteiger partial charge in [-0.25, -0.2) is 4.39 Å². The van der Waals surface area contributed by atoms with E-state index in [1.165, 1.54) is 12.1 Å². The lowest BCUT2D eigenvalue weighted by molar-refractivity contribution is 0.177. The highest BCUT2D eigenvalue weighted by atomic mass is 35.5. The van der Waals surface area contributed by atoms with Crippen molar-refractivity contribution in [3.8, 4) is 0 Å². The maximum absolute atomic E-state index is 13.1. The van der Waals surface area contributed by atoms with E-state index in [1.807, 2.05) is 13.8 Å². The minimum atomic E-state index is -0.841. The minimum absolute atomic E-state index is 0.136. The van der Waals surface area contributed by atoms with Crippen LogP contribution in [0.2, 0.25) is 10.2 Å². The van der Waals surface area contributed by atoms with Gasteiger partial charge in [0.2, 0.25) is 0 Å². The van der Waals surface area contributed by atoms with Gasteiger partial charge in [-0.1, -0.05) is 43.1 Å². The van der Waals surface area contributed by atoms with Gasteiger partial charge in [0, 0.05) is 24.1 Å². The zero-order chi connectivity index (χ0) is 15.7. The second kappa shape index (κ2) is 6.34. The van der Waals surface area contributed by atoms with Crippen LogP contribution in [-0.2, 0) is 13.5 Å². The Balaban J connectivity index is 2.34. The van der Waals surface area contributed by atoms with Crippen LogP contribution in [0.15, 0.2) is 18.2 Å². The van der Waals surface area contributed by atoms with E-state index in [2.05, 4.69) is 5.10 Å². The molecule has 0 aliphatic rings. The quantitative estimate of drug-likeness (QED) is 0.909. The Morgan fingerprint density at radius 2 is 2.00 bits per heavy atom. The van der Waals surface area contributed by atoms with Crippen LogP contribution in [0, 0.1) is 5.82 Å². The molecule has 0 aliphatic heterocycles. The lowest BCUT2D eigenvalue weighted by Crippen LogP contribution is -2.06. The third-order valence-corrected chi connectivity index (χ3v) is 4.15. The van der Waals surface area contributed by atoms with Crippen molar-refractivity contribution in [3.63, 3.8) is 0 Å². The van der Waals surface area contributed by atoms with Crippen molar-refractivity contribution in [2.24, 2.45) is 7.05 Å². The molecule has 0 aliphatic carbocycles. The summed E-state index contributed by atoms with van der Waals surface area (Å²) in [6, 6.07) is 4.13. The van der Waals surface area contributed by atoms with Gasteiger partial charge in [0.15, 0.2) is 0 Å². The third kappa shape index (κ3) is 3.39. The maximum atomic E-state index is 13.1. The molecule has 0 fully saturated rings. The van der Waals surface area contributed by atoms with Gasteiger partial charge < -0.3 is 5.11 Å². The number of aryl methyl sites for hydroxylation is 1. The summed E-state index contributed by atoms with van der Waals surface area (Å²) < 4.78 is 14.6. The van der Waals surface area contributed by atoms with E-state index >= 15 is 0 Å². The molecule has 1 N–H and O–H groups in total. The lowest BCUT2D eigenvalue weighted by atomic mass is 9.97. The third-order valence-electron chi connectivity index (χ3n) is 3.35. The highest BCUT2D eigenvalue weighted by Crippen LogP contribution is 2.33. The van der Waals surface area contributed by atoms with Crippen LogP contribution in [0.3, 0.4) is 0 Å². The summed E-state index contributed by atoms with van der Waals surface area (Å²) in [5, 5.41) is 15.5. The molecule has 1 aromatic heterocycles. The molecule has 0 saturated carbocycles.